The fraction of sp³-hybridized carbons (Fsp3) is 0.655. The molecule has 0 aromatic heterocycles. The number of unbranched alkanes of at least 4 members (excludes halogenated alkanes) is 5. The van der Waals surface area contributed by atoms with Crippen LogP contribution in [-0.2, 0) is 49.4 Å². The summed E-state index contributed by atoms with van der Waals surface area (Å²) in [5.41, 5.74) is 7.78. The summed E-state index contributed by atoms with van der Waals surface area (Å²) in [4.78, 5) is 88.8. The molecule has 8 amide bonds. The first-order valence-electron chi connectivity index (χ1n) is 27.7. The Morgan fingerprint density at radius 3 is 2.28 bits per heavy atom. The molecule has 0 aliphatic carbocycles. The second-order valence-electron chi connectivity index (χ2n) is 21.8. The number of anilines is 1. The van der Waals surface area contributed by atoms with Crippen molar-refractivity contribution >= 4 is 47.2 Å². The Hall–Kier alpha value is -5.43. The summed E-state index contributed by atoms with van der Waals surface area (Å²) in [6, 6.07) is 4.92. The highest BCUT2D eigenvalue weighted by molar-refractivity contribution is 6.12. The number of hydrogen-bond donors (Lipinski definition) is 7. The SMILES string of the molecule is CO[C@H]([C@@H](C)[C@H]1O[C@]1(C)C[C@H](C)/C=C/C=C(\C)[C@H]1O[C@@H](CNC(=O)C[CH]CCCCc2ccc(NC(=O)[C@H](CCCNC(N)=O)NC(=O)[C@@H](NC(=O)CCCCCN3C(=O)C=CC3=O)C(C)C)cc2)CC[C@@H]1C)[C@@H](C)O. The van der Waals surface area contributed by atoms with Crippen LogP contribution in [0.4, 0.5) is 10.5 Å². The summed E-state index contributed by atoms with van der Waals surface area (Å²) < 4.78 is 18.2. The van der Waals surface area contributed by atoms with Gasteiger partial charge in [-0.15, -0.1) is 0 Å². The summed E-state index contributed by atoms with van der Waals surface area (Å²) >= 11 is 0. The molecule has 3 aliphatic rings. The van der Waals surface area contributed by atoms with Crippen LogP contribution in [0.5, 0.6) is 0 Å². The number of amides is 8. The molecule has 4 rings (SSSR count). The standard InChI is InChI=1S/C58H90N7O11/c1-37(2)51(64-48(68)24-15-12-16-34-65-49(69)31-32-50(65)70)56(72)63-46(22-18-33-60-57(59)73)55(71)62-44-28-26-43(27-29-44)21-13-10-11-14-23-47(67)61-36-45-30-25-40(5)52(75-45)39(4)20-17-19-38(3)35-58(8)54(76-58)41(6)53(74-9)42(7)66/h14,17,19-20,26-29,31-32,37-38,40-42,45-46,51-54,66H,10-13,15-16,18,21-25,30,33-36H2,1-9H3,(H,61,67)(H,62,71)(H,63,72)(H,64,68)(H3,59,60,73)/b19-17+,39-20+/t38-,40+,41-,42-,45-,46+,51+,52-,53-,54-,58-/m1/s1. The zero-order chi connectivity index (χ0) is 56.0. The van der Waals surface area contributed by atoms with Crippen molar-refractivity contribution in [1.29, 1.82) is 0 Å². The van der Waals surface area contributed by atoms with Crippen molar-refractivity contribution < 1.29 is 52.9 Å². The number of methoxy groups -OCH3 is 1. The number of nitrogens with two attached hydrogens (primary N) is 1. The number of primary amides is 1. The highest BCUT2D eigenvalue weighted by Gasteiger charge is 2.57. The van der Waals surface area contributed by atoms with Gasteiger partial charge in [-0.3, -0.25) is 33.7 Å². The van der Waals surface area contributed by atoms with E-state index in [1.54, 1.807) is 27.9 Å². The van der Waals surface area contributed by atoms with E-state index < -0.39 is 36.0 Å². The summed E-state index contributed by atoms with van der Waals surface area (Å²) in [6.45, 7) is 17.0. The molecule has 3 heterocycles. The number of ether oxygens (including phenoxy) is 3. The monoisotopic (exact) mass is 1060 g/mol. The van der Waals surface area contributed by atoms with Gasteiger partial charge in [-0.1, -0.05) is 77.8 Å². The van der Waals surface area contributed by atoms with Gasteiger partial charge in [0.1, 0.15) is 12.1 Å². The molecule has 0 unspecified atom stereocenters. The van der Waals surface area contributed by atoms with Gasteiger partial charge >= 0.3 is 6.03 Å². The number of hydrogen-bond acceptors (Lipinski definition) is 11. The molecule has 11 atom stereocenters. The van der Waals surface area contributed by atoms with Crippen molar-refractivity contribution in [2.24, 2.45) is 29.4 Å². The minimum absolute atomic E-state index is 0.0174. The van der Waals surface area contributed by atoms with Gasteiger partial charge in [-0.2, -0.15) is 0 Å². The number of nitrogens with zero attached hydrogens (tertiary/aromatic N) is 1. The van der Waals surface area contributed by atoms with Crippen molar-refractivity contribution in [2.75, 3.05) is 32.1 Å². The van der Waals surface area contributed by atoms with Crippen LogP contribution in [0.3, 0.4) is 0 Å². The average molecular weight is 1060 g/mol. The van der Waals surface area contributed by atoms with E-state index in [0.717, 1.165) is 61.0 Å². The number of aryl methyl sites for hydroxylation is 1. The maximum absolute atomic E-state index is 13.6. The number of benzene rings is 1. The van der Waals surface area contributed by atoms with Crippen LogP contribution in [0.2, 0.25) is 0 Å². The number of imide groups is 1. The third kappa shape index (κ3) is 21.2. The van der Waals surface area contributed by atoms with E-state index >= 15 is 0 Å². The fourth-order valence-electron chi connectivity index (χ4n) is 10.4. The molecule has 0 saturated carbocycles. The van der Waals surface area contributed by atoms with Gasteiger partial charge in [0, 0.05) is 63.3 Å². The molecular formula is C58H90N7O11. The predicted molar refractivity (Wildman–Crippen MR) is 293 cm³/mol. The highest BCUT2D eigenvalue weighted by atomic mass is 16.6. The molecule has 0 bridgehead atoms. The first kappa shape index (κ1) is 63.1. The van der Waals surface area contributed by atoms with E-state index in [1.807, 2.05) is 30.7 Å². The number of carbonyl (C=O) groups excluding carboxylic acids is 7. The number of nitrogens with one attached hydrogen (secondary N) is 5. The van der Waals surface area contributed by atoms with Gasteiger partial charge in [0.05, 0.1) is 36.1 Å². The van der Waals surface area contributed by atoms with E-state index in [-0.39, 0.29) is 91.4 Å². The molecular weight excluding hydrogens is 971 g/mol. The van der Waals surface area contributed by atoms with Gasteiger partial charge in [0.2, 0.25) is 23.6 Å². The summed E-state index contributed by atoms with van der Waals surface area (Å²) in [5.74, 6) is -1.54. The van der Waals surface area contributed by atoms with E-state index in [2.05, 4.69) is 79.4 Å². The summed E-state index contributed by atoms with van der Waals surface area (Å²) in [6.07, 6.45) is 19.0. The first-order valence-corrected chi connectivity index (χ1v) is 27.7. The van der Waals surface area contributed by atoms with Crippen molar-refractivity contribution in [1.82, 2.24) is 26.2 Å². The first-order chi connectivity index (χ1) is 36.1. The number of epoxide rings is 1. The molecule has 423 valence electrons. The molecule has 18 heteroatoms. The number of carbonyl (C=O) groups is 7. The Balaban J connectivity index is 1.13. The zero-order valence-corrected chi connectivity index (χ0v) is 46.7. The van der Waals surface area contributed by atoms with E-state index in [9.17, 15) is 38.7 Å². The zero-order valence-electron chi connectivity index (χ0n) is 46.7. The molecule has 2 fully saturated rings. The largest absolute Gasteiger partial charge is 0.391 e. The molecule has 1 radical (unpaired) electrons. The minimum Gasteiger partial charge on any atom is -0.391 e. The van der Waals surface area contributed by atoms with Gasteiger partial charge in [-0.05, 0) is 132 Å². The maximum Gasteiger partial charge on any atom is 0.312 e. The van der Waals surface area contributed by atoms with E-state index in [4.69, 9.17) is 19.9 Å². The highest BCUT2D eigenvalue weighted by Crippen LogP contribution is 2.47. The molecule has 1 aromatic rings. The molecule has 1 aromatic carbocycles. The third-order valence-corrected chi connectivity index (χ3v) is 14.7. The normalized spacial score (nSPS) is 22.9. The Bertz CT molecular complexity index is 2140. The van der Waals surface area contributed by atoms with Crippen molar-refractivity contribution in [2.45, 2.75) is 193 Å². The van der Waals surface area contributed by atoms with Crippen LogP contribution in [0.1, 0.15) is 144 Å². The lowest BCUT2D eigenvalue weighted by Crippen LogP contribution is -2.54. The number of rotatable bonds is 34. The molecule has 76 heavy (non-hydrogen) atoms. The van der Waals surface area contributed by atoms with Crippen molar-refractivity contribution in [3.05, 3.63) is 72.2 Å². The van der Waals surface area contributed by atoms with Gasteiger partial charge in [-0.25, -0.2) is 4.79 Å². The quantitative estimate of drug-likeness (QED) is 0.0169. The van der Waals surface area contributed by atoms with Gasteiger partial charge < -0.3 is 51.6 Å². The fourth-order valence-corrected chi connectivity index (χ4v) is 10.4. The van der Waals surface area contributed by atoms with Crippen LogP contribution in [0.25, 0.3) is 0 Å². The molecule has 8 N–H and O–H groups in total. The minimum atomic E-state index is -0.976. The maximum atomic E-state index is 13.6. The van der Waals surface area contributed by atoms with Crippen LogP contribution in [-0.4, -0.2) is 126 Å². The molecule has 18 nitrogen and oxygen atoms in total. The number of allylic oxidation sites excluding steroid dienone is 3. The lowest BCUT2D eigenvalue weighted by molar-refractivity contribution is -0.137. The number of urea groups is 1. The third-order valence-electron chi connectivity index (χ3n) is 14.7. The Morgan fingerprint density at radius 1 is 0.908 bits per heavy atom. The van der Waals surface area contributed by atoms with E-state index in [1.165, 1.54) is 12.2 Å². The van der Waals surface area contributed by atoms with Crippen molar-refractivity contribution in [3.8, 4) is 0 Å². The van der Waals surface area contributed by atoms with Crippen LogP contribution >= 0.6 is 0 Å². The van der Waals surface area contributed by atoms with E-state index in [0.29, 0.717) is 56.2 Å². The predicted octanol–water partition coefficient (Wildman–Crippen LogP) is 6.51. The van der Waals surface area contributed by atoms with Crippen LogP contribution in [0, 0.1) is 30.1 Å². The smallest absolute Gasteiger partial charge is 0.312 e. The number of aliphatic hydroxyl groups excluding tert-OH is 1. The topological polar surface area (TPSA) is 260 Å². The Labute approximate surface area is 451 Å². The summed E-state index contributed by atoms with van der Waals surface area (Å²) in [5, 5.41) is 24.2. The van der Waals surface area contributed by atoms with Gasteiger partial charge in [0.25, 0.3) is 11.8 Å². The van der Waals surface area contributed by atoms with Crippen LogP contribution in [0.15, 0.2) is 60.2 Å². The lowest BCUT2D eigenvalue weighted by Gasteiger charge is -2.35. The van der Waals surface area contributed by atoms with Crippen molar-refractivity contribution in [3.63, 3.8) is 0 Å². The molecule has 0 spiro atoms. The summed E-state index contributed by atoms with van der Waals surface area (Å²) in [7, 11) is 1.63. The van der Waals surface area contributed by atoms with Crippen LogP contribution < -0.4 is 32.3 Å². The average Bonchev–Trinajstić information content (AvgIpc) is 3.93. The second kappa shape index (κ2) is 31.7. The molecule has 3 aliphatic heterocycles. The number of aliphatic hydroxyl groups is 1. The Morgan fingerprint density at radius 2 is 1.62 bits per heavy atom. The van der Waals surface area contributed by atoms with Gasteiger partial charge in [0.15, 0.2) is 0 Å². The molecule has 2 saturated heterocycles. The Kier molecular flexibility index (Phi) is 26.3. The lowest BCUT2D eigenvalue weighted by atomic mass is 9.85. The second-order valence-corrected chi connectivity index (χ2v) is 21.8.